The van der Waals surface area contributed by atoms with Crippen molar-refractivity contribution in [2.45, 2.75) is 35.7 Å². The number of hydrogen-bond donors (Lipinski definition) is 2. The maximum Gasteiger partial charge on any atom is 0.286 e. The maximum absolute atomic E-state index is 12.5. The van der Waals surface area contributed by atoms with E-state index in [4.69, 9.17) is 4.74 Å². The lowest BCUT2D eigenvalue weighted by Gasteiger charge is -2.32. The summed E-state index contributed by atoms with van der Waals surface area (Å²) in [5, 5.41) is 11.2. The van der Waals surface area contributed by atoms with Crippen LogP contribution in [-0.4, -0.2) is 47.4 Å². The van der Waals surface area contributed by atoms with Crippen LogP contribution in [0.25, 0.3) is 0 Å². The summed E-state index contributed by atoms with van der Waals surface area (Å²) in [7, 11) is 1.65. The molecule has 0 amide bonds. The van der Waals surface area contributed by atoms with Crippen LogP contribution in [0.3, 0.4) is 0 Å². The minimum Gasteiger partial charge on any atom is -0.449 e. The number of hydrogen-bond acceptors (Lipinski definition) is 5. The number of fused-ring (bicyclic) bond motifs is 1. The molecule has 1 fully saturated rings. The van der Waals surface area contributed by atoms with Gasteiger partial charge in [-0.2, -0.15) is 0 Å². The van der Waals surface area contributed by atoms with Gasteiger partial charge in [-0.3, -0.25) is 0 Å². The van der Waals surface area contributed by atoms with Crippen LogP contribution >= 0.6 is 11.8 Å². The first-order valence-electron chi connectivity index (χ1n) is 4.65. The Morgan fingerprint density at radius 3 is 3.00 bits per heavy atom. The Bertz CT molecular complexity index is 277. The van der Waals surface area contributed by atoms with Crippen LogP contribution in [0.4, 0.5) is 8.78 Å². The van der Waals surface area contributed by atoms with Crippen molar-refractivity contribution < 1.29 is 18.6 Å². The summed E-state index contributed by atoms with van der Waals surface area (Å²) in [6, 6.07) is 0.141. The van der Waals surface area contributed by atoms with E-state index in [2.05, 4.69) is 10.3 Å². The van der Waals surface area contributed by atoms with Gasteiger partial charge in [0, 0.05) is 13.5 Å². The van der Waals surface area contributed by atoms with Crippen LogP contribution in [0.2, 0.25) is 0 Å². The lowest BCUT2D eigenvalue weighted by atomic mass is 10.1. The standard InChI is InChI=1S/C8H12F2N2O2S/c1-11-8-12-3-2-4(13)5(6(9)10)15-7(3)14-8/h3-7,13H,2H2,1H3,(H,11,12)/t3-,4+,5+,7+/m1/s1. The normalized spacial score (nSPS) is 39.7. The molecule has 86 valence electrons. The molecule has 4 nitrogen and oxygen atoms in total. The van der Waals surface area contributed by atoms with Gasteiger partial charge < -0.3 is 15.2 Å². The van der Waals surface area contributed by atoms with Gasteiger partial charge >= 0.3 is 0 Å². The second kappa shape index (κ2) is 4.13. The molecule has 0 aromatic rings. The van der Waals surface area contributed by atoms with Gasteiger partial charge in [-0.15, -0.1) is 11.8 Å². The quantitative estimate of drug-likeness (QED) is 0.695. The monoisotopic (exact) mass is 238 g/mol. The van der Waals surface area contributed by atoms with Gasteiger partial charge in [0.1, 0.15) is 6.04 Å². The van der Waals surface area contributed by atoms with E-state index in [0.717, 1.165) is 11.8 Å². The lowest BCUT2D eigenvalue weighted by molar-refractivity contribution is 0.0510. The minimum atomic E-state index is -2.53. The number of amidine groups is 1. The molecule has 4 atom stereocenters. The summed E-state index contributed by atoms with van der Waals surface area (Å²) in [4.78, 5) is 4.13. The second-order valence-corrected chi connectivity index (χ2v) is 4.76. The first kappa shape index (κ1) is 10.9. The first-order valence-corrected chi connectivity index (χ1v) is 5.60. The van der Waals surface area contributed by atoms with Crippen molar-refractivity contribution in [2.24, 2.45) is 4.99 Å². The SMILES string of the molecule is CNC1=N[C@@H]2C[C@H](O)[C@@H](C(F)F)S[C@@H]2O1. The average molecular weight is 238 g/mol. The van der Waals surface area contributed by atoms with Gasteiger partial charge in [0.2, 0.25) is 0 Å². The Morgan fingerprint density at radius 1 is 1.67 bits per heavy atom. The van der Waals surface area contributed by atoms with Crippen molar-refractivity contribution in [1.82, 2.24) is 5.32 Å². The Hall–Kier alpha value is -0.560. The third-order valence-electron chi connectivity index (χ3n) is 2.44. The predicted molar refractivity (Wildman–Crippen MR) is 53.2 cm³/mol. The fourth-order valence-corrected chi connectivity index (χ4v) is 2.91. The van der Waals surface area contributed by atoms with E-state index >= 15 is 0 Å². The van der Waals surface area contributed by atoms with Crippen molar-refractivity contribution in [3.63, 3.8) is 0 Å². The van der Waals surface area contributed by atoms with Crippen LogP contribution in [-0.2, 0) is 4.74 Å². The Morgan fingerprint density at radius 2 is 2.40 bits per heavy atom. The van der Waals surface area contributed by atoms with E-state index in [1.165, 1.54) is 0 Å². The zero-order valence-electron chi connectivity index (χ0n) is 8.06. The molecule has 0 saturated carbocycles. The lowest BCUT2D eigenvalue weighted by Crippen LogP contribution is -2.42. The van der Waals surface area contributed by atoms with Crippen LogP contribution in [0.15, 0.2) is 4.99 Å². The van der Waals surface area contributed by atoms with Crippen LogP contribution in [0, 0.1) is 0 Å². The molecule has 0 unspecified atom stereocenters. The summed E-state index contributed by atoms with van der Waals surface area (Å²) in [5.74, 6) is 0. The van der Waals surface area contributed by atoms with Crippen molar-refractivity contribution in [1.29, 1.82) is 0 Å². The summed E-state index contributed by atoms with van der Waals surface area (Å²) >= 11 is 0.961. The highest BCUT2D eigenvalue weighted by Gasteiger charge is 2.45. The molecule has 0 aromatic heterocycles. The van der Waals surface area contributed by atoms with E-state index in [1.54, 1.807) is 7.05 Å². The van der Waals surface area contributed by atoms with Crippen molar-refractivity contribution in [2.75, 3.05) is 7.05 Å². The third kappa shape index (κ3) is 2.03. The molecular formula is C8H12F2N2O2S. The van der Waals surface area contributed by atoms with E-state index in [9.17, 15) is 13.9 Å². The van der Waals surface area contributed by atoms with Gasteiger partial charge in [-0.25, -0.2) is 13.8 Å². The fourth-order valence-electron chi connectivity index (χ4n) is 1.69. The summed E-state index contributed by atoms with van der Waals surface area (Å²) in [6.45, 7) is 0. The molecule has 0 spiro atoms. The number of nitrogens with one attached hydrogen (secondary N) is 1. The molecule has 2 heterocycles. The molecule has 2 aliphatic rings. The van der Waals surface area contributed by atoms with E-state index < -0.39 is 23.2 Å². The van der Waals surface area contributed by atoms with E-state index in [0.29, 0.717) is 6.02 Å². The Kier molecular flexibility index (Phi) is 3.01. The molecule has 2 aliphatic heterocycles. The van der Waals surface area contributed by atoms with E-state index in [-0.39, 0.29) is 12.5 Å². The van der Waals surface area contributed by atoms with Crippen LogP contribution < -0.4 is 5.32 Å². The predicted octanol–water partition coefficient (Wildman–Crippen LogP) is 0.418. The molecule has 15 heavy (non-hydrogen) atoms. The molecule has 2 N–H and O–H groups in total. The smallest absolute Gasteiger partial charge is 0.286 e. The average Bonchev–Trinajstić information content (AvgIpc) is 2.58. The summed E-state index contributed by atoms with van der Waals surface area (Å²) in [6.07, 6.45) is -3.31. The summed E-state index contributed by atoms with van der Waals surface area (Å²) < 4.78 is 30.3. The van der Waals surface area contributed by atoms with Gasteiger partial charge in [0.05, 0.1) is 11.4 Å². The molecule has 0 bridgehead atoms. The van der Waals surface area contributed by atoms with E-state index in [1.807, 2.05) is 0 Å². The second-order valence-electron chi connectivity index (χ2n) is 3.48. The Labute approximate surface area is 90.1 Å². The number of aliphatic hydroxyl groups is 1. The minimum absolute atomic E-state index is 0.220. The van der Waals surface area contributed by atoms with Crippen molar-refractivity contribution >= 4 is 17.8 Å². The van der Waals surface area contributed by atoms with Gasteiger partial charge in [-0.1, -0.05) is 0 Å². The largest absolute Gasteiger partial charge is 0.449 e. The summed E-state index contributed by atoms with van der Waals surface area (Å²) in [5.41, 5.74) is -0.394. The van der Waals surface area contributed by atoms with Crippen molar-refractivity contribution in [3.05, 3.63) is 0 Å². The molecule has 0 aromatic carbocycles. The number of thioether (sulfide) groups is 1. The number of rotatable bonds is 1. The number of aliphatic hydroxyl groups excluding tert-OH is 1. The number of alkyl halides is 2. The van der Waals surface area contributed by atoms with Crippen LogP contribution in [0.5, 0.6) is 0 Å². The highest BCUT2D eigenvalue weighted by molar-refractivity contribution is 8.00. The van der Waals surface area contributed by atoms with Crippen molar-refractivity contribution in [3.8, 4) is 0 Å². The number of halogens is 2. The number of aliphatic imine (C=N–C) groups is 1. The molecule has 1 saturated heterocycles. The zero-order chi connectivity index (χ0) is 11.0. The zero-order valence-corrected chi connectivity index (χ0v) is 8.88. The molecule has 0 aliphatic carbocycles. The maximum atomic E-state index is 12.5. The Balaban J connectivity index is 2.03. The topological polar surface area (TPSA) is 53.9 Å². The third-order valence-corrected chi connectivity index (χ3v) is 3.95. The molecule has 2 rings (SSSR count). The molecular weight excluding hydrogens is 226 g/mol. The first-order chi connectivity index (χ1) is 7.11. The highest BCUT2D eigenvalue weighted by atomic mass is 32.2. The molecule has 7 heteroatoms. The van der Waals surface area contributed by atoms with Crippen LogP contribution in [0.1, 0.15) is 6.42 Å². The van der Waals surface area contributed by atoms with Gasteiger partial charge in [-0.05, 0) is 0 Å². The fraction of sp³-hybridized carbons (Fsp3) is 0.875. The molecule has 0 radical (unpaired) electrons. The van der Waals surface area contributed by atoms with Gasteiger partial charge in [0.25, 0.3) is 12.4 Å². The highest BCUT2D eigenvalue weighted by Crippen LogP contribution is 2.39. The number of nitrogens with zero attached hydrogens (tertiary/aromatic N) is 1. The van der Waals surface area contributed by atoms with Gasteiger partial charge in [0.15, 0.2) is 5.44 Å². The number of ether oxygens (including phenoxy) is 1.